The Morgan fingerprint density at radius 1 is 0.889 bits per heavy atom. The zero-order chi connectivity index (χ0) is 26.1. The molecule has 0 spiro atoms. The van der Waals surface area contributed by atoms with Crippen LogP contribution in [0.4, 0.5) is 0 Å². The monoisotopic (exact) mass is 509 g/mol. The first-order chi connectivity index (χ1) is 17.2. The van der Waals surface area contributed by atoms with Crippen LogP contribution < -0.4 is 0 Å². The van der Waals surface area contributed by atoms with Crippen LogP contribution in [0.3, 0.4) is 0 Å². The quantitative estimate of drug-likeness (QED) is 0.238. The van der Waals surface area contributed by atoms with Gasteiger partial charge >= 0.3 is 17.9 Å². The Bertz CT molecular complexity index is 962. The van der Waals surface area contributed by atoms with Gasteiger partial charge in [-0.25, -0.2) is 4.68 Å². The molecule has 13 nitrogen and oxygen atoms in total. The molecule has 0 saturated heterocycles. The van der Waals surface area contributed by atoms with E-state index in [-0.39, 0.29) is 25.9 Å². The Hall–Kier alpha value is -3.13. The van der Waals surface area contributed by atoms with Crippen molar-refractivity contribution >= 4 is 17.9 Å². The molecule has 6 atom stereocenters. The Morgan fingerprint density at radius 3 is 2.19 bits per heavy atom. The summed E-state index contributed by atoms with van der Waals surface area (Å²) in [7, 11) is 0. The predicted octanol–water partition coefficient (Wildman–Crippen LogP) is 0.992. The number of esters is 3. The Labute approximate surface area is 208 Å². The molecule has 3 rings (SSSR count). The van der Waals surface area contributed by atoms with Gasteiger partial charge in [0.05, 0.1) is 12.8 Å². The van der Waals surface area contributed by atoms with Gasteiger partial charge in [-0.1, -0.05) is 11.3 Å². The van der Waals surface area contributed by atoms with Crippen LogP contribution in [0, 0.1) is 0 Å². The number of aromatic nitrogens is 3. The molecule has 0 radical (unpaired) electrons. The van der Waals surface area contributed by atoms with E-state index < -0.39 is 48.8 Å². The van der Waals surface area contributed by atoms with Crippen molar-refractivity contribution in [3.63, 3.8) is 0 Å². The zero-order valence-corrected chi connectivity index (χ0v) is 20.6. The van der Waals surface area contributed by atoms with Crippen molar-refractivity contribution in [1.82, 2.24) is 15.0 Å². The highest BCUT2D eigenvalue weighted by molar-refractivity contribution is 5.67. The molecule has 2 aliphatic heterocycles. The molecule has 0 amide bonds. The zero-order valence-electron chi connectivity index (χ0n) is 20.6. The highest BCUT2D eigenvalue weighted by Crippen LogP contribution is 2.25. The molecule has 36 heavy (non-hydrogen) atoms. The van der Waals surface area contributed by atoms with Gasteiger partial charge in [-0.05, 0) is 25.2 Å². The van der Waals surface area contributed by atoms with E-state index in [0.717, 1.165) is 0 Å². The van der Waals surface area contributed by atoms with Crippen LogP contribution in [0.2, 0.25) is 0 Å². The van der Waals surface area contributed by atoms with Crippen LogP contribution in [0.1, 0.15) is 39.4 Å². The third kappa shape index (κ3) is 8.22. The number of hydrogen-bond donors (Lipinski definition) is 0. The lowest BCUT2D eigenvalue weighted by Crippen LogP contribution is -2.42. The Kier molecular flexibility index (Phi) is 10.1. The van der Waals surface area contributed by atoms with E-state index in [1.807, 2.05) is 13.0 Å². The van der Waals surface area contributed by atoms with Gasteiger partial charge in [-0.3, -0.25) is 14.4 Å². The minimum atomic E-state index is -0.788. The van der Waals surface area contributed by atoms with Crippen molar-refractivity contribution in [3.8, 4) is 0 Å². The van der Waals surface area contributed by atoms with E-state index in [0.29, 0.717) is 12.3 Å². The van der Waals surface area contributed by atoms with Crippen LogP contribution in [-0.2, 0) is 54.1 Å². The lowest BCUT2D eigenvalue weighted by Gasteiger charge is -2.31. The first kappa shape index (κ1) is 27.5. The molecule has 0 saturated carbocycles. The van der Waals surface area contributed by atoms with Crippen molar-refractivity contribution in [2.75, 3.05) is 19.8 Å². The minimum Gasteiger partial charge on any atom is -0.463 e. The number of carbonyl (C=O) groups is 3. The molecule has 0 N–H and O–H groups in total. The molecule has 0 unspecified atom stereocenters. The molecule has 0 aromatic carbocycles. The molecule has 0 fully saturated rings. The summed E-state index contributed by atoms with van der Waals surface area (Å²) in [6, 6.07) is -0.384. The van der Waals surface area contributed by atoms with Crippen molar-refractivity contribution in [3.05, 3.63) is 36.2 Å². The number of rotatable bonds is 11. The summed E-state index contributed by atoms with van der Waals surface area (Å²) in [5.74, 6) is -1.39. The van der Waals surface area contributed by atoms with E-state index in [4.69, 9.17) is 33.2 Å². The van der Waals surface area contributed by atoms with E-state index in [1.165, 1.54) is 20.8 Å². The van der Waals surface area contributed by atoms with Gasteiger partial charge < -0.3 is 33.2 Å². The van der Waals surface area contributed by atoms with Crippen molar-refractivity contribution < 1.29 is 47.5 Å². The van der Waals surface area contributed by atoms with Crippen LogP contribution >= 0.6 is 0 Å². The lowest BCUT2D eigenvalue weighted by atomic mass is 10.1. The number of carbonyl (C=O) groups excluding carboxylic acids is 3. The van der Waals surface area contributed by atoms with E-state index >= 15 is 0 Å². The van der Waals surface area contributed by atoms with Gasteiger partial charge in [0.15, 0.2) is 12.6 Å². The second kappa shape index (κ2) is 13.3. The second-order valence-corrected chi connectivity index (χ2v) is 7.98. The van der Waals surface area contributed by atoms with Crippen molar-refractivity contribution in [2.24, 2.45) is 0 Å². The highest BCUT2D eigenvalue weighted by Gasteiger charge is 2.32. The summed E-state index contributed by atoms with van der Waals surface area (Å²) in [6.07, 6.45) is 5.22. The third-order valence-electron chi connectivity index (χ3n) is 5.08. The molecular weight excluding hydrogens is 478 g/mol. The maximum absolute atomic E-state index is 11.4. The average molecular weight is 510 g/mol. The van der Waals surface area contributed by atoms with Crippen LogP contribution in [0.25, 0.3) is 0 Å². The molecule has 0 aliphatic carbocycles. The first-order valence-corrected chi connectivity index (χ1v) is 11.5. The number of ether oxygens (including phenoxy) is 7. The molecular formula is C23H31N3O10. The van der Waals surface area contributed by atoms with Gasteiger partial charge in [-0.15, -0.1) is 5.10 Å². The normalized spacial score (nSPS) is 27.4. The van der Waals surface area contributed by atoms with E-state index in [9.17, 15) is 14.4 Å². The summed E-state index contributed by atoms with van der Waals surface area (Å²) < 4.78 is 39.9. The third-order valence-corrected chi connectivity index (χ3v) is 5.08. The standard InChI is InChI=1S/C23H31N3O10/c1-5-30-22-8-6-18(20(35-22)12-31-14(2)27)26-10-17(24-25-26)11-33-23-9-7-19(34-16(4)29)21(36-23)13-32-15(3)28/h6-10,18-23H,5,11-13H2,1-4H3/t18-,19-,20+,21+,22-,23-/m0/s1. The van der Waals surface area contributed by atoms with Crippen molar-refractivity contribution in [1.29, 1.82) is 0 Å². The summed E-state index contributed by atoms with van der Waals surface area (Å²) in [6.45, 7) is 6.18. The van der Waals surface area contributed by atoms with Gasteiger partial charge in [0.1, 0.15) is 43.3 Å². The summed E-state index contributed by atoms with van der Waals surface area (Å²) in [5, 5.41) is 8.30. The van der Waals surface area contributed by atoms with E-state index in [2.05, 4.69) is 10.3 Å². The summed E-state index contributed by atoms with van der Waals surface area (Å²) in [4.78, 5) is 33.8. The topological polar surface area (TPSA) is 147 Å². The molecule has 0 bridgehead atoms. The fraction of sp³-hybridized carbons (Fsp3) is 0.609. The highest BCUT2D eigenvalue weighted by atomic mass is 16.7. The van der Waals surface area contributed by atoms with Crippen LogP contribution in [0.15, 0.2) is 30.5 Å². The van der Waals surface area contributed by atoms with Crippen LogP contribution in [0.5, 0.6) is 0 Å². The Morgan fingerprint density at radius 2 is 1.53 bits per heavy atom. The SMILES string of the molecule is CCO[C@@H]1C=C[C@H](n2cc(CO[C@@H]3C=C[C@H](OC(C)=O)[C@@H](COC(C)=O)O3)nn2)[C@@H](COC(C)=O)O1. The fourth-order valence-electron chi connectivity index (χ4n) is 3.53. The van der Waals surface area contributed by atoms with E-state index in [1.54, 1.807) is 29.1 Å². The van der Waals surface area contributed by atoms with Gasteiger partial charge in [0.2, 0.25) is 0 Å². The second-order valence-electron chi connectivity index (χ2n) is 7.98. The maximum Gasteiger partial charge on any atom is 0.303 e. The molecule has 1 aromatic rings. The lowest BCUT2D eigenvalue weighted by molar-refractivity contribution is -0.200. The van der Waals surface area contributed by atoms with Gasteiger partial charge in [0.25, 0.3) is 0 Å². The summed E-state index contributed by atoms with van der Waals surface area (Å²) >= 11 is 0. The molecule has 3 heterocycles. The number of nitrogens with zero attached hydrogens (tertiary/aromatic N) is 3. The summed E-state index contributed by atoms with van der Waals surface area (Å²) in [5.41, 5.74) is 0.511. The molecule has 13 heteroatoms. The van der Waals surface area contributed by atoms with Gasteiger partial charge in [-0.2, -0.15) is 0 Å². The van der Waals surface area contributed by atoms with Crippen molar-refractivity contribution in [2.45, 2.75) is 71.2 Å². The predicted molar refractivity (Wildman–Crippen MR) is 120 cm³/mol. The van der Waals surface area contributed by atoms with Gasteiger partial charge in [0, 0.05) is 27.4 Å². The average Bonchev–Trinajstić information content (AvgIpc) is 3.30. The molecule has 198 valence electrons. The first-order valence-electron chi connectivity index (χ1n) is 11.5. The smallest absolute Gasteiger partial charge is 0.303 e. The maximum atomic E-state index is 11.4. The largest absolute Gasteiger partial charge is 0.463 e. The number of hydrogen-bond acceptors (Lipinski definition) is 12. The fourth-order valence-corrected chi connectivity index (χ4v) is 3.53. The van der Waals surface area contributed by atoms with Crippen LogP contribution in [-0.4, -0.2) is 83.6 Å². The molecule has 2 aliphatic rings. The Balaban J connectivity index is 1.61. The minimum absolute atomic E-state index is 0.0214. The molecule has 1 aromatic heterocycles.